The molecule has 5 heteroatoms. The SMILES string of the molecule is Cc1nc2ccccc2c(C)c1CC(=O)NCCNC(=O)c1ccccc1. The molecule has 2 amide bonds. The number of aryl methyl sites for hydroxylation is 2. The number of carbonyl (C=O) groups is 2. The summed E-state index contributed by atoms with van der Waals surface area (Å²) in [6.45, 7) is 4.73. The highest BCUT2D eigenvalue weighted by molar-refractivity contribution is 5.94. The minimum Gasteiger partial charge on any atom is -0.354 e. The fourth-order valence-corrected chi connectivity index (χ4v) is 3.12. The molecule has 0 saturated heterocycles. The largest absolute Gasteiger partial charge is 0.354 e. The maximum Gasteiger partial charge on any atom is 0.251 e. The van der Waals surface area contributed by atoms with Gasteiger partial charge in [0.1, 0.15) is 0 Å². The minimum absolute atomic E-state index is 0.0766. The summed E-state index contributed by atoms with van der Waals surface area (Å²) in [5.41, 5.74) is 4.47. The van der Waals surface area contributed by atoms with Gasteiger partial charge in [0.05, 0.1) is 11.9 Å². The van der Waals surface area contributed by atoms with Gasteiger partial charge in [0.2, 0.25) is 5.91 Å². The highest BCUT2D eigenvalue weighted by Gasteiger charge is 2.13. The lowest BCUT2D eigenvalue weighted by Gasteiger charge is -2.13. The van der Waals surface area contributed by atoms with Gasteiger partial charge in [-0.15, -0.1) is 0 Å². The van der Waals surface area contributed by atoms with Gasteiger partial charge in [0, 0.05) is 29.7 Å². The van der Waals surface area contributed by atoms with Crippen LogP contribution in [-0.4, -0.2) is 29.9 Å². The van der Waals surface area contributed by atoms with Gasteiger partial charge in [-0.2, -0.15) is 0 Å². The van der Waals surface area contributed by atoms with Gasteiger partial charge in [-0.05, 0) is 43.2 Å². The Balaban J connectivity index is 1.54. The van der Waals surface area contributed by atoms with E-state index < -0.39 is 0 Å². The number of benzene rings is 2. The molecule has 0 radical (unpaired) electrons. The van der Waals surface area contributed by atoms with Crippen LogP contribution in [0.5, 0.6) is 0 Å². The smallest absolute Gasteiger partial charge is 0.251 e. The zero-order chi connectivity index (χ0) is 19.2. The van der Waals surface area contributed by atoms with E-state index in [1.54, 1.807) is 12.1 Å². The van der Waals surface area contributed by atoms with Crippen LogP contribution in [0.25, 0.3) is 10.9 Å². The molecular weight excluding hydrogens is 338 g/mol. The fourth-order valence-electron chi connectivity index (χ4n) is 3.12. The summed E-state index contributed by atoms with van der Waals surface area (Å²) in [6, 6.07) is 17.0. The predicted octanol–water partition coefficient (Wildman–Crippen LogP) is 2.94. The van der Waals surface area contributed by atoms with E-state index in [4.69, 9.17) is 0 Å². The average Bonchev–Trinajstić information content (AvgIpc) is 2.69. The average molecular weight is 361 g/mol. The number of hydrogen-bond donors (Lipinski definition) is 2. The Morgan fingerprint density at radius 2 is 1.56 bits per heavy atom. The summed E-state index contributed by atoms with van der Waals surface area (Å²) >= 11 is 0. The first kappa shape index (κ1) is 18.6. The number of fused-ring (bicyclic) bond motifs is 1. The quantitative estimate of drug-likeness (QED) is 0.663. The van der Waals surface area contributed by atoms with Crippen molar-refractivity contribution < 1.29 is 9.59 Å². The van der Waals surface area contributed by atoms with Gasteiger partial charge in [-0.1, -0.05) is 36.4 Å². The fraction of sp³-hybridized carbons (Fsp3) is 0.227. The van der Waals surface area contributed by atoms with E-state index in [2.05, 4.69) is 15.6 Å². The van der Waals surface area contributed by atoms with Gasteiger partial charge in [0.25, 0.3) is 5.91 Å². The van der Waals surface area contributed by atoms with Crippen LogP contribution in [0.3, 0.4) is 0 Å². The minimum atomic E-state index is -0.143. The van der Waals surface area contributed by atoms with Gasteiger partial charge < -0.3 is 10.6 Å². The van der Waals surface area contributed by atoms with Crippen molar-refractivity contribution in [3.05, 3.63) is 77.0 Å². The van der Waals surface area contributed by atoms with Gasteiger partial charge in [-0.25, -0.2) is 0 Å². The maximum absolute atomic E-state index is 12.3. The van der Waals surface area contributed by atoms with E-state index in [0.717, 1.165) is 27.7 Å². The molecule has 2 N–H and O–H groups in total. The van der Waals surface area contributed by atoms with E-state index in [0.29, 0.717) is 18.7 Å². The topological polar surface area (TPSA) is 71.1 Å². The van der Waals surface area contributed by atoms with Crippen molar-refractivity contribution in [2.45, 2.75) is 20.3 Å². The second kappa shape index (κ2) is 8.45. The van der Waals surface area contributed by atoms with E-state index in [-0.39, 0.29) is 18.2 Å². The summed E-state index contributed by atoms with van der Waals surface area (Å²) in [7, 11) is 0. The van der Waals surface area contributed by atoms with E-state index in [9.17, 15) is 9.59 Å². The Hall–Kier alpha value is -3.21. The maximum atomic E-state index is 12.3. The molecule has 2 aromatic carbocycles. The molecule has 0 bridgehead atoms. The molecule has 5 nitrogen and oxygen atoms in total. The Morgan fingerprint density at radius 3 is 2.33 bits per heavy atom. The van der Waals surface area contributed by atoms with Crippen LogP contribution in [0.4, 0.5) is 0 Å². The molecule has 0 unspecified atom stereocenters. The lowest BCUT2D eigenvalue weighted by Crippen LogP contribution is -2.35. The Kier molecular flexibility index (Phi) is 5.81. The van der Waals surface area contributed by atoms with Crippen LogP contribution in [0.1, 0.15) is 27.2 Å². The lowest BCUT2D eigenvalue weighted by molar-refractivity contribution is -0.120. The highest BCUT2D eigenvalue weighted by atomic mass is 16.2. The van der Waals surface area contributed by atoms with E-state index in [1.165, 1.54) is 0 Å². The second-order valence-corrected chi connectivity index (χ2v) is 6.47. The van der Waals surface area contributed by atoms with Crippen LogP contribution in [0.2, 0.25) is 0 Å². The third kappa shape index (κ3) is 4.50. The normalized spacial score (nSPS) is 10.6. The number of para-hydroxylation sites is 1. The Bertz CT molecular complexity index is 968. The zero-order valence-electron chi connectivity index (χ0n) is 15.6. The molecule has 138 valence electrons. The van der Waals surface area contributed by atoms with E-state index >= 15 is 0 Å². The van der Waals surface area contributed by atoms with Crippen LogP contribution in [0, 0.1) is 13.8 Å². The Morgan fingerprint density at radius 1 is 0.889 bits per heavy atom. The monoisotopic (exact) mass is 361 g/mol. The predicted molar refractivity (Wildman–Crippen MR) is 107 cm³/mol. The standard InChI is InChI=1S/C22H23N3O2/c1-15-18-10-6-7-11-20(18)25-16(2)19(15)14-21(26)23-12-13-24-22(27)17-8-4-3-5-9-17/h3-11H,12-14H2,1-2H3,(H,23,26)(H,24,27). The molecule has 3 aromatic rings. The number of pyridine rings is 1. The molecule has 0 saturated carbocycles. The molecule has 0 spiro atoms. The molecular formula is C22H23N3O2. The van der Waals surface area contributed by atoms with Crippen LogP contribution >= 0.6 is 0 Å². The first-order valence-corrected chi connectivity index (χ1v) is 9.01. The third-order valence-corrected chi connectivity index (χ3v) is 4.59. The molecule has 27 heavy (non-hydrogen) atoms. The molecule has 0 aliphatic rings. The summed E-state index contributed by atoms with van der Waals surface area (Å²) in [5, 5.41) is 6.73. The number of rotatable bonds is 6. The van der Waals surface area contributed by atoms with Gasteiger partial charge >= 0.3 is 0 Å². The summed E-state index contributed by atoms with van der Waals surface area (Å²) < 4.78 is 0. The lowest BCUT2D eigenvalue weighted by atomic mass is 9.99. The van der Waals surface area contributed by atoms with Crippen molar-refractivity contribution in [1.29, 1.82) is 0 Å². The molecule has 0 fully saturated rings. The summed E-state index contributed by atoms with van der Waals surface area (Å²) in [5.74, 6) is -0.220. The van der Waals surface area contributed by atoms with Crippen LogP contribution in [-0.2, 0) is 11.2 Å². The molecule has 0 aliphatic heterocycles. The number of nitrogens with one attached hydrogen (secondary N) is 2. The number of hydrogen-bond acceptors (Lipinski definition) is 3. The van der Waals surface area contributed by atoms with E-state index in [1.807, 2.05) is 56.3 Å². The first-order chi connectivity index (χ1) is 13.1. The van der Waals surface area contributed by atoms with Crippen molar-refractivity contribution in [2.75, 3.05) is 13.1 Å². The van der Waals surface area contributed by atoms with Crippen LogP contribution in [0.15, 0.2) is 54.6 Å². The van der Waals surface area contributed by atoms with Crippen molar-refractivity contribution in [2.24, 2.45) is 0 Å². The van der Waals surface area contributed by atoms with Crippen molar-refractivity contribution in [3.8, 4) is 0 Å². The zero-order valence-corrected chi connectivity index (χ0v) is 15.6. The second-order valence-electron chi connectivity index (χ2n) is 6.47. The number of amides is 2. The highest BCUT2D eigenvalue weighted by Crippen LogP contribution is 2.22. The summed E-state index contributed by atoms with van der Waals surface area (Å²) in [6.07, 6.45) is 0.280. The number of aromatic nitrogens is 1. The molecule has 1 heterocycles. The number of nitrogens with zero attached hydrogens (tertiary/aromatic N) is 1. The molecule has 3 rings (SSSR count). The number of carbonyl (C=O) groups excluding carboxylic acids is 2. The van der Waals surface area contributed by atoms with Gasteiger partial charge in [-0.3, -0.25) is 14.6 Å². The van der Waals surface area contributed by atoms with Crippen molar-refractivity contribution in [1.82, 2.24) is 15.6 Å². The molecule has 0 atom stereocenters. The third-order valence-electron chi connectivity index (χ3n) is 4.59. The summed E-state index contributed by atoms with van der Waals surface area (Å²) in [4.78, 5) is 28.9. The Labute approximate surface area is 158 Å². The van der Waals surface area contributed by atoms with Crippen molar-refractivity contribution in [3.63, 3.8) is 0 Å². The van der Waals surface area contributed by atoms with Crippen molar-refractivity contribution >= 4 is 22.7 Å². The van der Waals surface area contributed by atoms with Crippen LogP contribution < -0.4 is 10.6 Å². The molecule has 1 aromatic heterocycles. The van der Waals surface area contributed by atoms with Gasteiger partial charge in [0.15, 0.2) is 0 Å². The first-order valence-electron chi connectivity index (χ1n) is 9.01. The molecule has 0 aliphatic carbocycles.